The summed E-state index contributed by atoms with van der Waals surface area (Å²) in [5.74, 6) is 0. The molecule has 0 radical (unpaired) electrons. The molecular formula is C9H13ClN2O. The minimum absolute atomic E-state index is 0.107. The molecule has 4 heteroatoms. The van der Waals surface area contributed by atoms with Gasteiger partial charge in [-0.1, -0.05) is 17.7 Å². The quantitative estimate of drug-likeness (QED) is 0.685. The van der Waals surface area contributed by atoms with Gasteiger partial charge >= 0.3 is 0 Å². The molecule has 0 aliphatic rings. The molecule has 0 bridgehead atoms. The predicted molar refractivity (Wildman–Crippen MR) is 54.9 cm³/mol. The van der Waals surface area contributed by atoms with Crippen LogP contribution in [-0.2, 0) is 6.54 Å². The van der Waals surface area contributed by atoms with Crippen molar-refractivity contribution in [1.82, 2.24) is 0 Å². The molecule has 0 atom stereocenters. The Morgan fingerprint density at radius 1 is 1.46 bits per heavy atom. The summed E-state index contributed by atoms with van der Waals surface area (Å²) in [6.45, 7) is 1.08. The Kier molecular flexibility index (Phi) is 4.02. The van der Waals surface area contributed by atoms with E-state index < -0.39 is 0 Å². The lowest BCUT2D eigenvalue weighted by molar-refractivity contribution is 0.311. The van der Waals surface area contributed by atoms with Gasteiger partial charge in [-0.05, 0) is 17.7 Å². The van der Waals surface area contributed by atoms with Gasteiger partial charge in [0.25, 0.3) is 0 Å². The first-order valence-corrected chi connectivity index (χ1v) is 4.49. The van der Waals surface area contributed by atoms with E-state index in [0.29, 0.717) is 18.1 Å². The molecule has 0 fully saturated rings. The Bertz CT molecular complexity index is 278. The Labute approximate surface area is 82.5 Å². The fourth-order valence-electron chi connectivity index (χ4n) is 1.02. The van der Waals surface area contributed by atoms with Crippen LogP contribution in [0.25, 0.3) is 0 Å². The number of benzene rings is 1. The van der Waals surface area contributed by atoms with E-state index in [1.807, 2.05) is 12.1 Å². The fraction of sp³-hybridized carbons (Fsp3) is 0.333. The number of hydrogen-bond acceptors (Lipinski definition) is 3. The predicted octanol–water partition coefficient (Wildman–Crippen LogP) is 1.20. The van der Waals surface area contributed by atoms with Gasteiger partial charge < -0.3 is 16.2 Å². The van der Waals surface area contributed by atoms with E-state index in [1.54, 1.807) is 6.07 Å². The number of aliphatic hydroxyl groups excluding tert-OH is 1. The minimum Gasteiger partial charge on any atom is -0.395 e. The monoisotopic (exact) mass is 200 g/mol. The van der Waals surface area contributed by atoms with Crippen LogP contribution < -0.4 is 11.1 Å². The Morgan fingerprint density at radius 2 is 2.23 bits per heavy atom. The average molecular weight is 201 g/mol. The molecule has 0 amide bonds. The highest BCUT2D eigenvalue weighted by Gasteiger charge is 1.98. The van der Waals surface area contributed by atoms with Crippen LogP contribution in [-0.4, -0.2) is 18.3 Å². The number of halogens is 1. The van der Waals surface area contributed by atoms with Crippen molar-refractivity contribution in [2.75, 3.05) is 18.5 Å². The highest BCUT2D eigenvalue weighted by atomic mass is 35.5. The molecule has 1 aromatic carbocycles. The lowest BCUT2D eigenvalue weighted by Gasteiger charge is -2.06. The van der Waals surface area contributed by atoms with Crippen molar-refractivity contribution in [3.05, 3.63) is 28.8 Å². The summed E-state index contributed by atoms with van der Waals surface area (Å²) in [7, 11) is 0. The third-order valence-electron chi connectivity index (χ3n) is 1.71. The summed E-state index contributed by atoms with van der Waals surface area (Å²) >= 11 is 5.93. The van der Waals surface area contributed by atoms with Crippen LogP contribution in [0.1, 0.15) is 5.56 Å². The smallest absolute Gasteiger partial charge is 0.0604 e. The normalized spacial score (nSPS) is 10.1. The van der Waals surface area contributed by atoms with Gasteiger partial charge in [-0.3, -0.25) is 0 Å². The van der Waals surface area contributed by atoms with Crippen LogP contribution in [0.15, 0.2) is 18.2 Å². The van der Waals surface area contributed by atoms with Crippen LogP contribution in [0.3, 0.4) is 0 Å². The van der Waals surface area contributed by atoms with Gasteiger partial charge in [-0.15, -0.1) is 0 Å². The molecule has 1 rings (SSSR count). The van der Waals surface area contributed by atoms with E-state index in [4.69, 9.17) is 22.4 Å². The number of hydrogen-bond donors (Lipinski definition) is 3. The molecule has 1 aromatic rings. The van der Waals surface area contributed by atoms with Crippen molar-refractivity contribution in [1.29, 1.82) is 0 Å². The van der Waals surface area contributed by atoms with Gasteiger partial charge in [0.1, 0.15) is 0 Å². The third-order valence-corrected chi connectivity index (χ3v) is 2.07. The van der Waals surface area contributed by atoms with Crippen LogP contribution in [0, 0.1) is 0 Å². The maximum Gasteiger partial charge on any atom is 0.0604 e. The molecule has 0 saturated heterocycles. The largest absolute Gasteiger partial charge is 0.395 e. The average Bonchev–Trinajstić information content (AvgIpc) is 2.15. The Balaban J connectivity index is 2.71. The van der Waals surface area contributed by atoms with Crippen molar-refractivity contribution >= 4 is 17.3 Å². The van der Waals surface area contributed by atoms with E-state index in [0.717, 1.165) is 11.3 Å². The standard InChI is InChI=1S/C9H13ClN2O/c10-9-5-8(12-3-4-13)2-1-7(9)6-11/h1-2,5,12-13H,3-4,6,11H2. The van der Waals surface area contributed by atoms with E-state index >= 15 is 0 Å². The molecule has 0 aliphatic heterocycles. The van der Waals surface area contributed by atoms with Crippen molar-refractivity contribution in [2.24, 2.45) is 5.73 Å². The van der Waals surface area contributed by atoms with E-state index in [2.05, 4.69) is 5.32 Å². The lowest BCUT2D eigenvalue weighted by Crippen LogP contribution is -2.05. The van der Waals surface area contributed by atoms with Crippen LogP contribution >= 0.6 is 11.6 Å². The van der Waals surface area contributed by atoms with Gasteiger partial charge in [0.2, 0.25) is 0 Å². The van der Waals surface area contributed by atoms with Crippen LogP contribution in [0.5, 0.6) is 0 Å². The fourth-order valence-corrected chi connectivity index (χ4v) is 1.28. The zero-order chi connectivity index (χ0) is 9.68. The van der Waals surface area contributed by atoms with Gasteiger partial charge in [-0.25, -0.2) is 0 Å². The summed E-state index contributed by atoms with van der Waals surface area (Å²) < 4.78 is 0. The topological polar surface area (TPSA) is 58.3 Å². The van der Waals surface area contributed by atoms with Crippen molar-refractivity contribution < 1.29 is 5.11 Å². The maximum atomic E-state index is 8.58. The summed E-state index contributed by atoms with van der Waals surface area (Å²) in [6, 6.07) is 5.57. The van der Waals surface area contributed by atoms with Crippen molar-refractivity contribution in [2.45, 2.75) is 6.54 Å². The van der Waals surface area contributed by atoms with Crippen molar-refractivity contribution in [3.8, 4) is 0 Å². The Hall–Kier alpha value is -0.770. The highest BCUT2D eigenvalue weighted by Crippen LogP contribution is 2.20. The summed E-state index contributed by atoms with van der Waals surface area (Å²) in [4.78, 5) is 0. The molecule has 0 aliphatic carbocycles. The first kappa shape index (κ1) is 10.3. The first-order valence-electron chi connectivity index (χ1n) is 4.11. The van der Waals surface area contributed by atoms with Gasteiger partial charge in [0, 0.05) is 23.8 Å². The molecule has 3 nitrogen and oxygen atoms in total. The number of anilines is 1. The van der Waals surface area contributed by atoms with Gasteiger partial charge in [0.15, 0.2) is 0 Å². The third kappa shape index (κ3) is 2.88. The number of rotatable bonds is 4. The summed E-state index contributed by atoms with van der Waals surface area (Å²) in [5, 5.41) is 12.3. The van der Waals surface area contributed by atoms with Crippen LogP contribution in [0.2, 0.25) is 5.02 Å². The Morgan fingerprint density at radius 3 is 2.77 bits per heavy atom. The number of aliphatic hydroxyl groups is 1. The molecule has 0 spiro atoms. The lowest BCUT2D eigenvalue weighted by atomic mass is 10.2. The van der Waals surface area contributed by atoms with Crippen molar-refractivity contribution in [3.63, 3.8) is 0 Å². The maximum absolute atomic E-state index is 8.58. The molecule has 0 aromatic heterocycles. The van der Waals surface area contributed by atoms with Gasteiger partial charge in [0.05, 0.1) is 6.61 Å². The zero-order valence-corrected chi connectivity index (χ0v) is 8.01. The molecule has 72 valence electrons. The molecule has 0 unspecified atom stereocenters. The molecular weight excluding hydrogens is 188 g/mol. The van der Waals surface area contributed by atoms with Gasteiger partial charge in [-0.2, -0.15) is 0 Å². The first-order chi connectivity index (χ1) is 6.27. The molecule has 4 N–H and O–H groups in total. The highest BCUT2D eigenvalue weighted by molar-refractivity contribution is 6.31. The zero-order valence-electron chi connectivity index (χ0n) is 7.26. The minimum atomic E-state index is 0.107. The number of nitrogens with one attached hydrogen (secondary N) is 1. The number of nitrogens with two attached hydrogens (primary N) is 1. The molecule has 0 saturated carbocycles. The van der Waals surface area contributed by atoms with E-state index in [1.165, 1.54) is 0 Å². The second-order valence-corrected chi connectivity index (χ2v) is 3.07. The molecule has 13 heavy (non-hydrogen) atoms. The summed E-state index contributed by atoms with van der Waals surface area (Å²) in [6.07, 6.45) is 0. The second-order valence-electron chi connectivity index (χ2n) is 2.66. The van der Waals surface area contributed by atoms with Crippen LogP contribution in [0.4, 0.5) is 5.69 Å². The molecule has 0 heterocycles. The van der Waals surface area contributed by atoms with E-state index in [-0.39, 0.29) is 6.61 Å². The summed E-state index contributed by atoms with van der Waals surface area (Å²) in [5.41, 5.74) is 7.28. The van der Waals surface area contributed by atoms with E-state index in [9.17, 15) is 0 Å². The second kappa shape index (κ2) is 5.07. The SMILES string of the molecule is NCc1ccc(NCCO)cc1Cl.